The van der Waals surface area contributed by atoms with Gasteiger partial charge < -0.3 is 15.4 Å². The van der Waals surface area contributed by atoms with Crippen LogP contribution < -0.4 is 15.4 Å². The molecule has 0 aliphatic heterocycles. The van der Waals surface area contributed by atoms with E-state index in [1.54, 1.807) is 14.2 Å². The number of nitrogens with one attached hydrogen (secondary N) is 2. The molecule has 0 unspecified atom stereocenters. The van der Waals surface area contributed by atoms with Gasteiger partial charge in [-0.1, -0.05) is 12.1 Å². The van der Waals surface area contributed by atoms with Gasteiger partial charge in [-0.25, -0.2) is 4.79 Å². The molecule has 0 bridgehead atoms. The van der Waals surface area contributed by atoms with Crippen molar-refractivity contribution in [2.45, 2.75) is 19.9 Å². The Hall–Kier alpha value is -1.71. The molecule has 0 aliphatic carbocycles. The van der Waals surface area contributed by atoms with Gasteiger partial charge in [0.15, 0.2) is 0 Å². The summed E-state index contributed by atoms with van der Waals surface area (Å²) < 4.78 is 5.24. The fraction of sp³-hybridized carbons (Fsp3) is 0.417. The number of ether oxygens (including phenoxy) is 1. The molecule has 0 spiro atoms. The maximum atomic E-state index is 11.2. The van der Waals surface area contributed by atoms with Crippen LogP contribution in [-0.4, -0.2) is 20.2 Å². The fourth-order valence-electron chi connectivity index (χ4n) is 1.46. The molecule has 0 radical (unpaired) electrons. The second kappa shape index (κ2) is 5.39. The normalized spacial score (nSPS) is 11.8. The molecule has 0 saturated carbocycles. The van der Waals surface area contributed by atoms with E-state index in [1.165, 1.54) is 0 Å². The summed E-state index contributed by atoms with van der Waals surface area (Å²) in [5, 5.41) is 5.34. The zero-order chi connectivity index (χ0) is 12.1. The third kappa shape index (κ3) is 2.89. The van der Waals surface area contributed by atoms with Crippen molar-refractivity contribution in [1.82, 2.24) is 10.6 Å². The molecule has 88 valence electrons. The number of aryl methyl sites for hydroxylation is 1. The highest BCUT2D eigenvalue weighted by molar-refractivity contribution is 5.74. The third-order valence-electron chi connectivity index (χ3n) is 2.51. The molecule has 1 aromatic rings. The van der Waals surface area contributed by atoms with Gasteiger partial charge >= 0.3 is 6.03 Å². The van der Waals surface area contributed by atoms with Gasteiger partial charge in [0.05, 0.1) is 13.2 Å². The SMILES string of the molecule is CNC(=O)N[C@H](C)c1ccc(C)c(OC)c1. The lowest BCUT2D eigenvalue weighted by molar-refractivity contribution is 0.240. The lowest BCUT2D eigenvalue weighted by atomic mass is 10.1. The van der Waals surface area contributed by atoms with Crippen molar-refractivity contribution in [3.05, 3.63) is 29.3 Å². The van der Waals surface area contributed by atoms with Crippen molar-refractivity contribution in [2.75, 3.05) is 14.2 Å². The summed E-state index contributed by atoms with van der Waals surface area (Å²) in [6, 6.07) is 5.67. The van der Waals surface area contributed by atoms with Gasteiger partial charge in [0.25, 0.3) is 0 Å². The van der Waals surface area contributed by atoms with Gasteiger partial charge in [0, 0.05) is 7.05 Å². The van der Waals surface area contributed by atoms with Crippen LogP contribution in [0.5, 0.6) is 5.75 Å². The summed E-state index contributed by atoms with van der Waals surface area (Å²) in [5.74, 6) is 0.836. The Morgan fingerprint density at radius 3 is 2.69 bits per heavy atom. The first kappa shape index (κ1) is 12.4. The van der Waals surface area contributed by atoms with E-state index in [0.717, 1.165) is 16.9 Å². The van der Waals surface area contributed by atoms with Crippen LogP contribution in [0.15, 0.2) is 18.2 Å². The number of hydrogen-bond acceptors (Lipinski definition) is 2. The van der Waals surface area contributed by atoms with Crippen LogP contribution in [0.25, 0.3) is 0 Å². The minimum absolute atomic E-state index is 0.0468. The molecular weight excluding hydrogens is 204 g/mol. The van der Waals surface area contributed by atoms with Gasteiger partial charge in [-0.05, 0) is 31.0 Å². The third-order valence-corrected chi connectivity index (χ3v) is 2.51. The summed E-state index contributed by atoms with van der Waals surface area (Å²) in [4.78, 5) is 11.2. The Morgan fingerprint density at radius 1 is 1.44 bits per heavy atom. The van der Waals surface area contributed by atoms with Gasteiger partial charge in [-0.15, -0.1) is 0 Å². The minimum Gasteiger partial charge on any atom is -0.496 e. The Kier molecular flexibility index (Phi) is 4.17. The van der Waals surface area contributed by atoms with Crippen LogP contribution in [0.4, 0.5) is 4.79 Å². The fourth-order valence-corrected chi connectivity index (χ4v) is 1.46. The van der Waals surface area contributed by atoms with E-state index in [2.05, 4.69) is 10.6 Å². The lowest BCUT2D eigenvalue weighted by Crippen LogP contribution is -2.34. The number of benzene rings is 1. The van der Waals surface area contributed by atoms with E-state index in [4.69, 9.17) is 4.74 Å². The molecule has 0 heterocycles. The number of methoxy groups -OCH3 is 1. The Balaban J connectivity index is 2.83. The summed E-state index contributed by atoms with van der Waals surface area (Å²) in [7, 11) is 3.24. The van der Waals surface area contributed by atoms with E-state index in [9.17, 15) is 4.79 Å². The molecule has 0 aromatic heterocycles. The largest absolute Gasteiger partial charge is 0.496 e. The van der Waals surface area contributed by atoms with E-state index in [1.807, 2.05) is 32.0 Å². The van der Waals surface area contributed by atoms with Crippen molar-refractivity contribution in [1.29, 1.82) is 0 Å². The number of carbonyl (C=O) groups excluding carboxylic acids is 1. The van der Waals surface area contributed by atoms with E-state index in [0.29, 0.717) is 0 Å². The number of urea groups is 1. The van der Waals surface area contributed by atoms with Crippen LogP contribution in [0, 0.1) is 6.92 Å². The number of carbonyl (C=O) groups is 1. The summed E-state index contributed by atoms with van der Waals surface area (Å²) in [6.07, 6.45) is 0. The molecule has 1 atom stereocenters. The quantitative estimate of drug-likeness (QED) is 0.821. The van der Waals surface area contributed by atoms with E-state index in [-0.39, 0.29) is 12.1 Å². The van der Waals surface area contributed by atoms with Gasteiger partial charge in [-0.2, -0.15) is 0 Å². The molecule has 1 aromatic carbocycles. The predicted molar refractivity (Wildman–Crippen MR) is 63.7 cm³/mol. The molecule has 4 nitrogen and oxygen atoms in total. The minimum atomic E-state index is -0.188. The first-order chi connectivity index (χ1) is 7.58. The second-order valence-corrected chi connectivity index (χ2v) is 3.67. The van der Waals surface area contributed by atoms with Crippen LogP contribution in [0.3, 0.4) is 0 Å². The molecule has 4 heteroatoms. The second-order valence-electron chi connectivity index (χ2n) is 3.67. The molecular formula is C12H18N2O2. The van der Waals surface area contributed by atoms with Crippen LogP contribution in [-0.2, 0) is 0 Å². The van der Waals surface area contributed by atoms with Gasteiger partial charge in [-0.3, -0.25) is 0 Å². The molecule has 16 heavy (non-hydrogen) atoms. The predicted octanol–water partition coefficient (Wildman–Crippen LogP) is 1.99. The highest BCUT2D eigenvalue weighted by Crippen LogP contribution is 2.22. The number of amides is 2. The Morgan fingerprint density at radius 2 is 2.12 bits per heavy atom. The molecule has 1 rings (SSSR count). The Bertz CT molecular complexity index is 377. The maximum absolute atomic E-state index is 11.2. The standard InChI is InChI=1S/C12H18N2O2/c1-8-5-6-10(7-11(8)16-4)9(2)14-12(15)13-3/h5-7,9H,1-4H3,(H2,13,14,15)/t9-/m1/s1. The summed E-state index contributed by atoms with van der Waals surface area (Å²) >= 11 is 0. The molecule has 0 saturated heterocycles. The lowest BCUT2D eigenvalue weighted by Gasteiger charge is -2.15. The van der Waals surface area contributed by atoms with Crippen molar-refractivity contribution in [2.24, 2.45) is 0 Å². The zero-order valence-corrected chi connectivity index (χ0v) is 10.1. The average Bonchev–Trinajstić information content (AvgIpc) is 2.29. The maximum Gasteiger partial charge on any atom is 0.315 e. The van der Waals surface area contributed by atoms with Crippen molar-refractivity contribution in [3.63, 3.8) is 0 Å². The first-order valence-electron chi connectivity index (χ1n) is 5.21. The van der Waals surface area contributed by atoms with Gasteiger partial charge in [0.1, 0.15) is 5.75 Å². The Labute approximate surface area is 96.0 Å². The zero-order valence-electron chi connectivity index (χ0n) is 10.1. The summed E-state index contributed by atoms with van der Waals surface area (Å²) in [5.41, 5.74) is 2.10. The number of hydrogen-bond donors (Lipinski definition) is 2. The smallest absolute Gasteiger partial charge is 0.315 e. The van der Waals surface area contributed by atoms with Crippen LogP contribution in [0.2, 0.25) is 0 Å². The van der Waals surface area contributed by atoms with Crippen LogP contribution >= 0.6 is 0 Å². The summed E-state index contributed by atoms with van der Waals surface area (Å²) in [6.45, 7) is 3.92. The van der Waals surface area contributed by atoms with Crippen molar-refractivity contribution < 1.29 is 9.53 Å². The van der Waals surface area contributed by atoms with Gasteiger partial charge in [0.2, 0.25) is 0 Å². The van der Waals surface area contributed by atoms with Crippen molar-refractivity contribution in [3.8, 4) is 5.75 Å². The highest BCUT2D eigenvalue weighted by atomic mass is 16.5. The van der Waals surface area contributed by atoms with E-state index < -0.39 is 0 Å². The highest BCUT2D eigenvalue weighted by Gasteiger charge is 2.09. The molecule has 2 N–H and O–H groups in total. The monoisotopic (exact) mass is 222 g/mol. The first-order valence-corrected chi connectivity index (χ1v) is 5.21. The molecule has 2 amide bonds. The average molecular weight is 222 g/mol. The topological polar surface area (TPSA) is 50.4 Å². The van der Waals surface area contributed by atoms with Crippen LogP contribution in [0.1, 0.15) is 24.1 Å². The molecule has 0 aliphatic rings. The number of rotatable bonds is 3. The molecule has 0 fully saturated rings. The van der Waals surface area contributed by atoms with E-state index >= 15 is 0 Å². The van der Waals surface area contributed by atoms with Crippen molar-refractivity contribution >= 4 is 6.03 Å².